The molecule has 0 aromatic carbocycles. The van der Waals surface area contributed by atoms with Crippen LogP contribution in [0.15, 0.2) is 0 Å². The molecule has 0 rings (SSSR count). The zero-order valence-electron chi connectivity index (χ0n) is 21.6. The van der Waals surface area contributed by atoms with Gasteiger partial charge < -0.3 is 15.7 Å². The highest BCUT2D eigenvalue weighted by Crippen LogP contribution is 2.14. The number of nitrogens with one attached hydrogen (secondary N) is 2. The molecule has 0 aliphatic heterocycles. The molecule has 6 heteroatoms. The van der Waals surface area contributed by atoms with Crippen molar-refractivity contribution in [3.05, 3.63) is 0 Å². The Bertz CT molecular complexity index is 497. The van der Waals surface area contributed by atoms with Gasteiger partial charge in [-0.3, -0.25) is 14.4 Å². The van der Waals surface area contributed by atoms with E-state index in [1.165, 1.54) is 57.8 Å². The number of ketones is 1. The minimum absolute atomic E-state index is 0.0174. The van der Waals surface area contributed by atoms with Crippen LogP contribution in [0.1, 0.15) is 136 Å². The molecule has 0 spiro atoms. The van der Waals surface area contributed by atoms with Gasteiger partial charge in [-0.15, -0.1) is 0 Å². The maximum absolute atomic E-state index is 12.2. The molecule has 0 unspecified atom stereocenters. The van der Waals surface area contributed by atoms with Gasteiger partial charge in [0.2, 0.25) is 5.91 Å². The van der Waals surface area contributed by atoms with Gasteiger partial charge in [0.15, 0.2) is 5.78 Å². The van der Waals surface area contributed by atoms with Crippen molar-refractivity contribution in [3.8, 4) is 0 Å². The Morgan fingerprint density at radius 1 is 0.667 bits per heavy atom. The molecule has 0 aliphatic rings. The van der Waals surface area contributed by atoms with Gasteiger partial charge in [0.05, 0.1) is 6.04 Å². The number of carbonyl (C=O) groups excluding carboxylic acids is 2. The maximum atomic E-state index is 12.2. The minimum atomic E-state index is -0.680. The van der Waals surface area contributed by atoms with Crippen molar-refractivity contribution in [1.29, 1.82) is 0 Å². The Labute approximate surface area is 203 Å². The SMILES string of the molecule is CCNCCCC[C@H](NC(=O)CCCCCCCCCCCCCCCCC(=O)O)C(C)=O. The molecule has 0 fully saturated rings. The quantitative estimate of drug-likeness (QED) is 0.139. The van der Waals surface area contributed by atoms with Crippen molar-refractivity contribution in [3.63, 3.8) is 0 Å². The van der Waals surface area contributed by atoms with E-state index < -0.39 is 5.97 Å². The summed E-state index contributed by atoms with van der Waals surface area (Å²) in [5.41, 5.74) is 0. The monoisotopic (exact) mass is 468 g/mol. The molecule has 0 aromatic heterocycles. The molecule has 1 atom stereocenters. The molecule has 194 valence electrons. The third kappa shape index (κ3) is 23.5. The molecule has 6 nitrogen and oxygen atoms in total. The summed E-state index contributed by atoms with van der Waals surface area (Å²) in [5.74, 6) is -0.605. The van der Waals surface area contributed by atoms with Crippen LogP contribution in [-0.2, 0) is 14.4 Å². The smallest absolute Gasteiger partial charge is 0.303 e. The first-order valence-electron chi connectivity index (χ1n) is 13.7. The van der Waals surface area contributed by atoms with Crippen molar-refractivity contribution in [2.45, 2.75) is 142 Å². The molecule has 0 aromatic rings. The Morgan fingerprint density at radius 3 is 1.55 bits per heavy atom. The number of hydrogen-bond acceptors (Lipinski definition) is 4. The molecular weight excluding hydrogens is 416 g/mol. The van der Waals surface area contributed by atoms with E-state index in [-0.39, 0.29) is 17.7 Å². The normalized spacial score (nSPS) is 11.9. The van der Waals surface area contributed by atoms with Crippen LogP contribution in [0.3, 0.4) is 0 Å². The highest BCUT2D eigenvalue weighted by molar-refractivity contribution is 5.87. The highest BCUT2D eigenvalue weighted by Gasteiger charge is 2.16. The lowest BCUT2D eigenvalue weighted by atomic mass is 10.0. The number of carbonyl (C=O) groups is 3. The van der Waals surface area contributed by atoms with Crippen LogP contribution < -0.4 is 10.6 Å². The average Bonchev–Trinajstić information content (AvgIpc) is 2.77. The molecule has 0 heterocycles. The number of carboxylic acids is 1. The van der Waals surface area contributed by atoms with Gasteiger partial charge in [0.25, 0.3) is 0 Å². The number of Topliss-reactive ketones (excluding diaryl/α,β-unsaturated/α-hetero) is 1. The number of hydrogen-bond donors (Lipinski definition) is 3. The van der Waals surface area contributed by atoms with E-state index in [4.69, 9.17) is 5.11 Å². The second kappa shape index (κ2) is 23.7. The molecule has 0 radical (unpaired) electrons. The fourth-order valence-electron chi connectivity index (χ4n) is 4.10. The third-order valence-corrected chi connectivity index (χ3v) is 6.22. The van der Waals surface area contributed by atoms with E-state index >= 15 is 0 Å². The summed E-state index contributed by atoms with van der Waals surface area (Å²) in [4.78, 5) is 34.4. The van der Waals surface area contributed by atoms with Crippen LogP contribution in [0.2, 0.25) is 0 Å². The maximum Gasteiger partial charge on any atom is 0.303 e. The lowest BCUT2D eigenvalue weighted by Gasteiger charge is -2.16. The molecule has 0 bridgehead atoms. The summed E-state index contributed by atoms with van der Waals surface area (Å²) in [5, 5.41) is 14.8. The standard InChI is InChI=1S/C27H52N2O4/c1-3-28-23-19-18-20-25(24(2)30)29-26(31)21-16-14-12-10-8-6-4-5-7-9-11-13-15-17-22-27(32)33/h25,28H,3-23H2,1-2H3,(H,29,31)(H,32,33)/t25-/m0/s1. The van der Waals surface area contributed by atoms with Gasteiger partial charge in [-0.25, -0.2) is 0 Å². The third-order valence-electron chi connectivity index (χ3n) is 6.22. The second-order valence-electron chi connectivity index (χ2n) is 9.42. The van der Waals surface area contributed by atoms with Crippen molar-refractivity contribution >= 4 is 17.7 Å². The highest BCUT2D eigenvalue weighted by atomic mass is 16.4. The molecule has 1 amide bonds. The Morgan fingerprint density at radius 2 is 1.12 bits per heavy atom. The molecule has 0 saturated heterocycles. The van der Waals surface area contributed by atoms with E-state index in [1.54, 1.807) is 6.92 Å². The summed E-state index contributed by atoms with van der Waals surface area (Å²) in [6.45, 7) is 5.58. The first-order chi connectivity index (χ1) is 16.0. The van der Waals surface area contributed by atoms with Gasteiger partial charge in [-0.05, 0) is 52.1 Å². The van der Waals surface area contributed by atoms with Crippen molar-refractivity contribution < 1.29 is 19.5 Å². The van der Waals surface area contributed by atoms with Gasteiger partial charge in [0, 0.05) is 12.8 Å². The van der Waals surface area contributed by atoms with E-state index in [9.17, 15) is 14.4 Å². The van der Waals surface area contributed by atoms with Crippen LogP contribution in [0.4, 0.5) is 0 Å². The van der Waals surface area contributed by atoms with Crippen LogP contribution >= 0.6 is 0 Å². The fraction of sp³-hybridized carbons (Fsp3) is 0.889. The van der Waals surface area contributed by atoms with Crippen molar-refractivity contribution in [1.82, 2.24) is 10.6 Å². The largest absolute Gasteiger partial charge is 0.481 e. The topological polar surface area (TPSA) is 95.5 Å². The number of unbranched alkanes of at least 4 members (excludes halogenated alkanes) is 14. The first-order valence-corrected chi connectivity index (χ1v) is 13.7. The Hall–Kier alpha value is -1.43. The number of amides is 1. The zero-order chi connectivity index (χ0) is 24.6. The Balaban J connectivity index is 3.46. The second-order valence-corrected chi connectivity index (χ2v) is 9.42. The number of aliphatic carboxylic acids is 1. The van der Waals surface area contributed by atoms with E-state index in [0.717, 1.165) is 64.5 Å². The summed E-state index contributed by atoms with van der Waals surface area (Å²) < 4.78 is 0. The predicted octanol–water partition coefficient (Wildman–Crippen LogP) is 6.17. The molecule has 3 N–H and O–H groups in total. The summed E-state index contributed by atoms with van der Waals surface area (Å²) in [6, 6.07) is -0.323. The lowest BCUT2D eigenvalue weighted by molar-refractivity contribution is -0.137. The number of carboxylic acid groups (broad SMARTS) is 1. The lowest BCUT2D eigenvalue weighted by Crippen LogP contribution is -2.39. The van der Waals surface area contributed by atoms with Gasteiger partial charge in [-0.1, -0.05) is 84.0 Å². The fourth-order valence-corrected chi connectivity index (χ4v) is 4.10. The Kier molecular flexibility index (Phi) is 22.7. The van der Waals surface area contributed by atoms with Crippen LogP contribution in [0.5, 0.6) is 0 Å². The summed E-state index contributed by atoms with van der Waals surface area (Å²) >= 11 is 0. The van der Waals surface area contributed by atoms with Crippen LogP contribution in [0.25, 0.3) is 0 Å². The first kappa shape index (κ1) is 31.6. The average molecular weight is 469 g/mol. The summed E-state index contributed by atoms with van der Waals surface area (Å²) in [7, 11) is 0. The van der Waals surface area contributed by atoms with Crippen LogP contribution in [-0.4, -0.2) is 41.9 Å². The molecule has 0 aliphatic carbocycles. The predicted molar refractivity (Wildman–Crippen MR) is 137 cm³/mol. The van der Waals surface area contributed by atoms with Crippen LogP contribution in [0, 0.1) is 0 Å². The van der Waals surface area contributed by atoms with Crippen molar-refractivity contribution in [2.24, 2.45) is 0 Å². The van der Waals surface area contributed by atoms with E-state index in [0.29, 0.717) is 12.8 Å². The zero-order valence-corrected chi connectivity index (χ0v) is 21.6. The van der Waals surface area contributed by atoms with Crippen molar-refractivity contribution in [2.75, 3.05) is 13.1 Å². The van der Waals surface area contributed by atoms with Gasteiger partial charge in [-0.2, -0.15) is 0 Å². The minimum Gasteiger partial charge on any atom is -0.481 e. The van der Waals surface area contributed by atoms with E-state index in [1.807, 2.05) is 0 Å². The molecular formula is C27H52N2O4. The van der Waals surface area contributed by atoms with Gasteiger partial charge in [0.1, 0.15) is 0 Å². The van der Waals surface area contributed by atoms with E-state index in [2.05, 4.69) is 17.6 Å². The molecule has 0 saturated carbocycles. The molecule has 33 heavy (non-hydrogen) atoms. The summed E-state index contributed by atoms with van der Waals surface area (Å²) in [6.07, 6.45) is 20.0. The van der Waals surface area contributed by atoms with Gasteiger partial charge >= 0.3 is 5.97 Å². The number of rotatable bonds is 25.